The molecule has 6 heteroatoms. The van der Waals surface area contributed by atoms with Gasteiger partial charge in [-0.25, -0.2) is 0 Å². The van der Waals surface area contributed by atoms with E-state index in [1.54, 1.807) is 0 Å². The molecule has 0 spiro atoms. The van der Waals surface area contributed by atoms with Gasteiger partial charge in [-0.15, -0.1) is 0 Å². The number of aromatic nitrogens is 1. The second-order valence-electron chi connectivity index (χ2n) is 5.14. The number of benzene rings is 1. The molecule has 0 unspecified atom stereocenters. The zero-order chi connectivity index (χ0) is 15.9. The molecular weight excluding hydrogens is 280 g/mol. The van der Waals surface area contributed by atoms with Crippen LogP contribution in [0.4, 0.5) is 0 Å². The summed E-state index contributed by atoms with van der Waals surface area (Å²) in [6.45, 7) is 3.97. The Morgan fingerprint density at radius 2 is 1.73 bits per heavy atom. The Kier molecular flexibility index (Phi) is 5.55. The van der Waals surface area contributed by atoms with Crippen LogP contribution in [-0.4, -0.2) is 42.6 Å². The first-order valence-electron chi connectivity index (χ1n) is 7.37. The van der Waals surface area contributed by atoms with Crippen molar-refractivity contribution < 1.29 is 9.59 Å². The quantitative estimate of drug-likeness (QED) is 0.657. The second kappa shape index (κ2) is 7.61. The molecule has 118 valence electrons. The van der Waals surface area contributed by atoms with Crippen molar-refractivity contribution in [3.8, 4) is 0 Å². The summed E-state index contributed by atoms with van der Waals surface area (Å²) in [7, 11) is 1.89. The maximum Gasteiger partial charge on any atom is 0.267 e. The minimum Gasteiger partial charge on any atom is -0.355 e. The number of aryl methyl sites for hydroxylation is 1. The first-order valence-corrected chi connectivity index (χ1v) is 7.37. The number of rotatable bonds is 7. The van der Waals surface area contributed by atoms with Crippen LogP contribution in [0.25, 0.3) is 10.9 Å². The average Bonchev–Trinajstić information content (AvgIpc) is 2.83. The molecule has 2 amide bonds. The van der Waals surface area contributed by atoms with Gasteiger partial charge in [-0.05, 0) is 12.1 Å². The predicted octanol–water partition coefficient (Wildman–Crippen LogP) is 0.634. The van der Waals surface area contributed by atoms with E-state index in [1.807, 2.05) is 41.9 Å². The van der Waals surface area contributed by atoms with E-state index in [4.69, 9.17) is 0 Å². The second-order valence-corrected chi connectivity index (χ2v) is 5.14. The maximum atomic E-state index is 12.2. The number of carbonyl (C=O) groups is 2. The lowest BCUT2D eigenvalue weighted by atomic mass is 10.2. The Labute approximate surface area is 129 Å². The van der Waals surface area contributed by atoms with Crippen molar-refractivity contribution in [1.29, 1.82) is 0 Å². The van der Waals surface area contributed by atoms with Gasteiger partial charge in [0, 0.05) is 51.1 Å². The monoisotopic (exact) mass is 302 g/mol. The molecule has 0 aliphatic carbocycles. The first-order chi connectivity index (χ1) is 10.6. The van der Waals surface area contributed by atoms with Crippen LogP contribution in [0, 0.1) is 0 Å². The van der Waals surface area contributed by atoms with Gasteiger partial charge in [0.2, 0.25) is 5.91 Å². The minimum absolute atomic E-state index is 0.0362. The molecule has 0 aliphatic heterocycles. The summed E-state index contributed by atoms with van der Waals surface area (Å²) in [5.74, 6) is -0.117. The van der Waals surface area contributed by atoms with E-state index in [-0.39, 0.29) is 11.8 Å². The van der Waals surface area contributed by atoms with Gasteiger partial charge < -0.3 is 20.5 Å². The number of nitrogens with zero attached hydrogens (tertiary/aromatic N) is 1. The van der Waals surface area contributed by atoms with Crippen LogP contribution in [0.3, 0.4) is 0 Å². The number of carbonyl (C=O) groups excluding carboxylic acids is 2. The third-order valence-corrected chi connectivity index (χ3v) is 3.45. The molecule has 6 nitrogen and oxygen atoms in total. The number of fused-ring (bicyclic) bond motifs is 1. The molecule has 0 saturated carbocycles. The number of amides is 2. The van der Waals surface area contributed by atoms with Crippen LogP contribution in [0.2, 0.25) is 0 Å². The Balaban J connectivity index is 1.77. The lowest BCUT2D eigenvalue weighted by Crippen LogP contribution is -2.36. The third-order valence-electron chi connectivity index (χ3n) is 3.45. The summed E-state index contributed by atoms with van der Waals surface area (Å²) >= 11 is 0. The molecule has 0 atom stereocenters. The van der Waals surface area contributed by atoms with E-state index in [2.05, 4.69) is 16.0 Å². The standard InChI is InChI=1S/C16H22N4O2/c1-12(21)18-9-7-17-8-10-19-16(22)15-11-13-5-3-4-6-14(13)20(15)2/h3-6,11,17H,7-10H2,1-2H3,(H,18,21)(H,19,22). The van der Waals surface area contributed by atoms with Crippen molar-refractivity contribution >= 4 is 22.7 Å². The van der Waals surface area contributed by atoms with E-state index in [1.165, 1.54) is 6.92 Å². The molecule has 2 rings (SSSR count). The topological polar surface area (TPSA) is 75.2 Å². The normalized spacial score (nSPS) is 10.6. The van der Waals surface area contributed by atoms with Crippen LogP contribution in [-0.2, 0) is 11.8 Å². The van der Waals surface area contributed by atoms with Crippen LogP contribution in [0.1, 0.15) is 17.4 Å². The fraction of sp³-hybridized carbons (Fsp3) is 0.375. The van der Waals surface area contributed by atoms with Crippen molar-refractivity contribution in [3.63, 3.8) is 0 Å². The highest BCUT2D eigenvalue weighted by Gasteiger charge is 2.12. The van der Waals surface area contributed by atoms with E-state index < -0.39 is 0 Å². The molecule has 1 aromatic carbocycles. The van der Waals surface area contributed by atoms with Gasteiger partial charge in [-0.1, -0.05) is 18.2 Å². The average molecular weight is 302 g/mol. The number of para-hydroxylation sites is 1. The van der Waals surface area contributed by atoms with Crippen LogP contribution < -0.4 is 16.0 Å². The van der Waals surface area contributed by atoms with Gasteiger partial charge in [0.25, 0.3) is 5.91 Å². The highest BCUT2D eigenvalue weighted by molar-refractivity contribution is 5.98. The predicted molar refractivity (Wildman–Crippen MR) is 86.8 cm³/mol. The van der Waals surface area contributed by atoms with Crippen molar-refractivity contribution in [1.82, 2.24) is 20.5 Å². The highest BCUT2D eigenvalue weighted by atomic mass is 16.2. The summed E-state index contributed by atoms with van der Waals surface area (Å²) in [5.41, 5.74) is 1.69. The number of hydrogen-bond acceptors (Lipinski definition) is 3. The van der Waals surface area contributed by atoms with Gasteiger partial charge in [-0.2, -0.15) is 0 Å². The summed E-state index contributed by atoms with van der Waals surface area (Å²) in [4.78, 5) is 22.9. The summed E-state index contributed by atoms with van der Waals surface area (Å²) in [5, 5.41) is 9.80. The molecule has 22 heavy (non-hydrogen) atoms. The van der Waals surface area contributed by atoms with E-state index in [0.29, 0.717) is 31.9 Å². The summed E-state index contributed by atoms with van der Waals surface area (Å²) < 4.78 is 1.90. The first kappa shape index (κ1) is 16.0. The fourth-order valence-corrected chi connectivity index (χ4v) is 2.31. The van der Waals surface area contributed by atoms with Crippen molar-refractivity contribution in [2.75, 3.05) is 26.2 Å². The number of hydrogen-bond donors (Lipinski definition) is 3. The van der Waals surface area contributed by atoms with Gasteiger partial charge in [-0.3, -0.25) is 9.59 Å². The SMILES string of the molecule is CC(=O)NCCNCCNC(=O)c1cc2ccccc2n1C. The fourth-order valence-electron chi connectivity index (χ4n) is 2.31. The van der Waals surface area contributed by atoms with Gasteiger partial charge in [0.1, 0.15) is 5.69 Å². The van der Waals surface area contributed by atoms with Gasteiger partial charge in [0.15, 0.2) is 0 Å². The van der Waals surface area contributed by atoms with Crippen molar-refractivity contribution in [2.24, 2.45) is 7.05 Å². The smallest absolute Gasteiger partial charge is 0.267 e. The summed E-state index contributed by atoms with van der Waals surface area (Å²) in [6, 6.07) is 9.81. The lowest BCUT2D eigenvalue weighted by Gasteiger charge is -2.08. The Hall–Kier alpha value is -2.34. The molecular formula is C16H22N4O2. The minimum atomic E-state index is -0.0811. The maximum absolute atomic E-state index is 12.2. The molecule has 0 radical (unpaired) electrons. The molecule has 1 aromatic heterocycles. The highest BCUT2D eigenvalue weighted by Crippen LogP contribution is 2.17. The molecule has 0 saturated heterocycles. The number of nitrogens with one attached hydrogen (secondary N) is 3. The zero-order valence-corrected chi connectivity index (χ0v) is 13.0. The Morgan fingerprint density at radius 3 is 2.41 bits per heavy atom. The molecule has 0 fully saturated rings. The van der Waals surface area contributed by atoms with Crippen molar-refractivity contribution in [2.45, 2.75) is 6.92 Å². The lowest BCUT2D eigenvalue weighted by molar-refractivity contribution is -0.118. The van der Waals surface area contributed by atoms with Crippen molar-refractivity contribution in [3.05, 3.63) is 36.0 Å². The molecule has 2 aromatic rings. The summed E-state index contributed by atoms with van der Waals surface area (Å²) in [6.07, 6.45) is 0. The molecule has 1 heterocycles. The Bertz CT molecular complexity index is 663. The van der Waals surface area contributed by atoms with E-state index in [0.717, 1.165) is 10.9 Å². The largest absolute Gasteiger partial charge is 0.355 e. The van der Waals surface area contributed by atoms with Gasteiger partial charge in [0.05, 0.1) is 0 Å². The third kappa shape index (κ3) is 4.08. The van der Waals surface area contributed by atoms with Crippen LogP contribution in [0.5, 0.6) is 0 Å². The van der Waals surface area contributed by atoms with Gasteiger partial charge >= 0.3 is 0 Å². The Morgan fingerprint density at radius 1 is 1.05 bits per heavy atom. The van der Waals surface area contributed by atoms with Crippen LogP contribution in [0.15, 0.2) is 30.3 Å². The molecule has 0 aliphatic rings. The molecule has 3 N–H and O–H groups in total. The van der Waals surface area contributed by atoms with E-state index >= 15 is 0 Å². The molecule has 0 bridgehead atoms. The zero-order valence-electron chi connectivity index (χ0n) is 13.0. The van der Waals surface area contributed by atoms with Crippen LogP contribution >= 0.6 is 0 Å². The van der Waals surface area contributed by atoms with E-state index in [9.17, 15) is 9.59 Å².